The monoisotopic (exact) mass is 1200 g/mol. The molecule has 3 unspecified atom stereocenters. The minimum absolute atomic E-state index is 0.0437. The van der Waals surface area contributed by atoms with E-state index in [4.69, 9.17) is 33.2 Å². The van der Waals surface area contributed by atoms with Gasteiger partial charge in [0.25, 0.3) is 0 Å². The number of fused-ring (bicyclic) bond motifs is 2. The fraction of sp³-hybridized carbons (Fsp3) is 0.458. The van der Waals surface area contributed by atoms with E-state index in [9.17, 15) is 9.90 Å². The Bertz CT molecular complexity index is 3280. The summed E-state index contributed by atoms with van der Waals surface area (Å²) in [5.41, 5.74) is 11.9. The summed E-state index contributed by atoms with van der Waals surface area (Å²) in [6.07, 6.45) is 13.1. The van der Waals surface area contributed by atoms with Gasteiger partial charge in [-0.15, -0.1) is 0 Å². The molecule has 0 bridgehead atoms. The number of rotatable bonds is 22. The van der Waals surface area contributed by atoms with Crippen molar-refractivity contribution in [1.82, 2.24) is 28.2 Å². The molecule has 446 valence electrons. The highest BCUT2D eigenvalue weighted by Crippen LogP contribution is 2.48. The lowest BCUT2D eigenvalue weighted by Gasteiger charge is -2.44. The van der Waals surface area contributed by atoms with Crippen LogP contribution < -0.4 is 0 Å². The molecule has 2 saturated carbocycles. The minimum atomic E-state index is -2.03. The molecule has 4 aromatic carbocycles. The van der Waals surface area contributed by atoms with Gasteiger partial charge in [0.2, 0.25) is 0 Å². The summed E-state index contributed by atoms with van der Waals surface area (Å²) in [6, 6.07) is 47.9. The lowest BCUT2D eigenvalue weighted by atomic mass is 9.93. The van der Waals surface area contributed by atoms with E-state index in [2.05, 4.69) is 247 Å². The van der Waals surface area contributed by atoms with Gasteiger partial charge in [0.1, 0.15) is 11.3 Å². The van der Waals surface area contributed by atoms with Gasteiger partial charge in [0.15, 0.2) is 22.3 Å². The number of aromatic nitrogens is 4. The molecular weight excluding hydrogens is 1110 g/mol. The Morgan fingerprint density at radius 3 is 1.26 bits per heavy atom. The van der Waals surface area contributed by atoms with Gasteiger partial charge in [-0.2, -0.15) is 0 Å². The maximum atomic E-state index is 14.3. The molecular formula is C72H94Cl2N6O2Si2. The lowest BCUT2D eigenvalue weighted by Crippen LogP contribution is -2.51. The number of pyridine rings is 2. The number of ketones is 1. The second-order valence-electron chi connectivity index (χ2n) is 26.5. The molecule has 0 saturated heterocycles. The lowest BCUT2D eigenvalue weighted by molar-refractivity contribution is 0.0913. The molecule has 8 aromatic rings. The number of benzene rings is 4. The minimum Gasteiger partial charge on any atom is -0.388 e. The van der Waals surface area contributed by atoms with Crippen molar-refractivity contribution >= 4 is 67.5 Å². The van der Waals surface area contributed by atoms with Crippen LogP contribution in [-0.4, -0.2) is 67.7 Å². The van der Waals surface area contributed by atoms with Crippen LogP contribution in [0.4, 0.5) is 0 Å². The summed E-state index contributed by atoms with van der Waals surface area (Å²) < 4.78 is 5.00. The third-order valence-electron chi connectivity index (χ3n) is 19.9. The highest BCUT2D eigenvalue weighted by molar-refractivity contribution is 6.83. The van der Waals surface area contributed by atoms with Crippen molar-refractivity contribution in [2.45, 2.75) is 199 Å². The molecule has 2 fully saturated rings. The Labute approximate surface area is 515 Å². The van der Waals surface area contributed by atoms with Crippen molar-refractivity contribution in [2.24, 2.45) is 11.8 Å². The summed E-state index contributed by atoms with van der Waals surface area (Å²) in [7, 11) is -4.03. The van der Waals surface area contributed by atoms with E-state index in [0.717, 1.165) is 92.3 Å². The number of aliphatic hydroxyl groups excluding tert-OH is 1. The second-order valence-corrected chi connectivity index (χ2v) is 38.8. The Balaban J connectivity index is 0.000000202. The number of hydrogen-bond donors (Lipinski definition) is 1. The Hall–Kier alpha value is -5.18. The predicted octanol–water partition coefficient (Wildman–Crippen LogP) is 19.4. The molecule has 0 amide bonds. The van der Waals surface area contributed by atoms with Crippen LogP contribution >= 0.6 is 23.2 Å². The molecule has 0 aliphatic heterocycles. The summed E-state index contributed by atoms with van der Waals surface area (Å²) >= 11 is 13.7. The summed E-state index contributed by atoms with van der Waals surface area (Å²) in [4.78, 5) is 29.2. The van der Waals surface area contributed by atoms with Crippen molar-refractivity contribution in [3.63, 3.8) is 0 Å². The average Bonchev–Trinajstić information content (AvgIpc) is 1.73. The van der Waals surface area contributed by atoms with Gasteiger partial charge in [0, 0.05) is 78.5 Å². The van der Waals surface area contributed by atoms with Crippen molar-refractivity contribution in [3.05, 3.63) is 202 Å². The predicted molar refractivity (Wildman–Crippen MR) is 358 cm³/mol. The molecule has 2 aliphatic rings. The number of aliphatic hydroxyl groups is 1. The van der Waals surface area contributed by atoms with E-state index < -0.39 is 22.6 Å². The van der Waals surface area contributed by atoms with E-state index in [1.54, 1.807) is 12.4 Å². The highest BCUT2D eigenvalue weighted by Gasteiger charge is 2.48. The third-order valence-corrected chi connectivity index (χ3v) is 34.0. The van der Waals surface area contributed by atoms with Crippen LogP contribution in [0, 0.1) is 11.8 Å². The summed E-state index contributed by atoms with van der Waals surface area (Å²) in [5, 5.41) is 15.0. The fourth-order valence-electron chi connectivity index (χ4n) is 16.5. The third kappa shape index (κ3) is 12.9. The zero-order chi connectivity index (χ0) is 60.0. The molecule has 0 spiro atoms. The van der Waals surface area contributed by atoms with Crippen molar-refractivity contribution < 1.29 is 9.90 Å². The Morgan fingerprint density at radius 1 is 0.500 bits per heavy atom. The van der Waals surface area contributed by atoms with E-state index in [1.807, 2.05) is 0 Å². The fourth-order valence-corrected chi connectivity index (χ4v) is 30.1. The van der Waals surface area contributed by atoms with Crippen LogP contribution in [0.3, 0.4) is 0 Å². The van der Waals surface area contributed by atoms with Gasteiger partial charge in [0.05, 0.1) is 16.1 Å². The van der Waals surface area contributed by atoms with Crippen molar-refractivity contribution in [2.75, 3.05) is 0 Å². The first-order chi connectivity index (χ1) is 40.3. The molecule has 0 radical (unpaired) electrons. The zero-order valence-corrected chi connectivity index (χ0v) is 55.7. The van der Waals surface area contributed by atoms with E-state index in [1.165, 1.54) is 22.3 Å². The average molecular weight is 1200 g/mol. The Morgan fingerprint density at radius 2 is 0.857 bits per heavy atom. The van der Waals surface area contributed by atoms with Crippen LogP contribution in [0.15, 0.2) is 158 Å². The summed E-state index contributed by atoms with van der Waals surface area (Å²) in [5.74, 6) is 0.286. The molecule has 84 heavy (non-hydrogen) atoms. The first-order valence-corrected chi connectivity index (χ1v) is 36.6. The zero-order valence-electron chi connectivity index (χ0n) is 52.2. The van der Waals surface area contributed by atoms with E-state index in [-0.39, 0.29) is 17.6 Å². The van der Waals surface area contributed by atoms with Gasteiger partial charge in [-0.25, -0.2) is 9.97 Å². The SMILES string of the molecule is CC(C)[Si](C(C)C)(C(C)C)n1ccc2c(C(=O)C3CC[C@@H](N(Cc4ccccc4)Cc4ccccc4)C3)c(Cl)cnc21.CC(C)[Si](C(C)C)(C(C)C)n1ccc2c(C(O)C3CC[C@@H](N(Cc4ccccc4)Cc4ccccc4)C3)c(Cl)cnc21. The molecule has 4 aromatic heterocycles. The molecule has 2 aliphatic carbocycles. The maximum absolute atomic E-state index is 14.3. The van der Waals surface area contributed by atoms with E-state index >= 15 is 0 Å². The maximum Gasteiger partial charge on any atom is 0.171 e. The molecule has 4 heterocycles. The van der Waals surface area contributed by atoms with Crippen LogP contribution in [-0.2, 0) is 26.2 Å². The molecule has 10 rings (SSSR count). The topological polar surface area (TPSA) is 79.4 Å². The number of Topliss-reactive ketones (excluding diaryl/α,β-unsaturated/α-hetero) is 1. The van der Waals surface area contributed by atoms with Crippen LogP contribution in [0.25, 0.3) is 22.1 Å². The molecule has 8 nitrogen and oxygen atoms in total. The number of carbonyl (C=O) groups is 1. The number of carbonyl (C=O) groups excluding carboxylic acids is 1. The van der Waals surface area contributed by atoms with Gasteiger partial charge in [-0.3, -0.25) is 14.6 Å². The van der Waals surface area contributed by atoms with Gasteiger partial charge in [-0.05, 0) is 124 Å². The van der Waals surface area contributed by atoms with Crippen molar-refractivity contribution in [3.8, 4) is 0 Å². The van der Waals surface area contributed by atoms with Crippen molar-refractivity contribution in [1.29, 1.82) is 0 Å². The first-order valence-electron chi connectivity index (χ1n) is 31.5. The second kappa shape index (κ2) is 27.7. The van der Waals surface area contributed by atoms with Gasteiger partial charge < -0.3 is 13.6 Å². The van der Waals surface area contributed by atoms with Crippen LogP contribution in [0.2, 0.25) is 43.3 Å². The smallest absolute Gasteiger partial charge is 0.171 e. The number of hydrogen-bond acceptors (Lipinski definition) is 6. The van der Waals surface area contributed by atoms with Crippen LogP contribution in [0.5, 0.6) is 0 Å². The highest BCUT2D eigenvalue weighted by atomic mass is 35.5. The largest absolute Gasteiger partial charge is 0.388 e. The number of halogens is 2. The molecule has 5 atom stereocenters. The normalized spacial score (nSPS) is 18.2. The van der Waals surface area contributed by atoms with Crippen LogP contribution in [0.1, 0.15) is 166 Å². The quantitative estimate of drug-likeness (QED) is 0.0538. The molecule has 12 heteroatoms. The first kappa shape index (κ1) is 63.3. The Kier molecular flexibility index (Phi) is 20.9. The van der Waals surface area contributed by atoms with Gasteiger partial charge >= 0.3 is 0 Å². The van der Waals surface area contributed by atoms with Gasteiger partial charge in [-0.1, -0.05) is 228 Å². The number of nitrogens with zero attached hydrogens (tertiary/aromatic N) is 6. The standard InChI is InChI=1S/C36H48ClN3OSi.C36H46ClN3OSi/c2*1-25(2)42(26(3)4,27(5)6)40-20-19-32-34(33(37)22-38-36(32)40)35(41)30-17-18-31(21-30)39(23-28-13-9-7-10-14-28)24-29-15-11-8-12-16-29/h7-16,19-20,22,25-27,30-31,35,41H,17-18,21,23-24H2,1-6H3;7-16,19-20,22,25-27,30-31H,17-18,21,23-24H2,1-6H3/t30?,31-,35?;30?,31-/m11/s1. The molecule has 1 N–H and O–H groups in total. The summed E-state index contributed by atoms with van der Waals surface area (Å²) in [6.45, 7) is 31.9. The van der Waals surface area contributed by atoms with E-state index in [0.29, 0.717) is 60.9 Å².